The molecule has 0 saturated heterocycles. The van der Waals surface area contributed by atoms with E-state index in [0.717, 1.165) is 5.56 Å². The lowest BCUT2D eigenvalue weighted by molar-refractivity contribution is -0.130. The van der Waals surface area contributed by atoms with Crippen molar-refractivity contribution in [1.29, 1.82) is 0 Å². The largest absolute Gasteiger partial charge is 0.482 e. The van der Waals surface area contributed by atoms with E-state index in [1.165, 1.54) is 4.90 Å². The zero-order valence-electron chi connectivity index (χ0n) is 13.2. The number of likely N-dealkylation sites (N-methyl/N-ethyl adjacent to an activating group) is 1. The van der Waals surface area contributed by atoms with Gasteiger partial charge in [0.1, 0.15) is 5.75 Å². The van der Waals surface area contributed by atoms with Gasteiger partial charge in [0, 0.05) is 20.1 Å². The summed E-state index contributed by atoms with van der Waals surface area (Å²) in [5.41, 5.74) is 1.52. The minimum Gasteiger partial charge on any atom is -0.482 e. The Kier molecular flexibility index (Phi) is 6.02. The Balaban J connectivity index is 2.80. The summed E-state index contributed by atoms with van der Waals surface area (Å²) in [6.07, 6.45) is 0. The molecule has 6 heteroatoms. The maximum atomic E-state index is 11.8. The molecule has 0 bridgehead atoms. The highest BCUT2D eigenvalue weighted by atomic mass is 16.5. The Hall–Kier alpha value is -2.24. The number of anilines is 1. The molecule has 21 heavy (non-hydrogen) atoms. The van der Waals surface area contributed by atoms with Gasteiger partial charge >= 0.3 is 6.03 Å². The van der Waals surface area contributed by atoms with E-state index in [-0.39, 0.29) is 24.6 Å². The number of ether oxygens (including phenoxy) is 1. The zero-order chi connectivity index (χ0) is 16.0. The fraction of sp³-hybridized carbons (Fsp3) is 0.467. The standard InChI is InChI=1S/C15H23N3O3/c1-10(2)16-15(20)17-12-7-6-11(3)8-13(12)21-9-14(19)18(4)5/h6-8,10H,9H2,1-5H3,(H2,16,17,20). The number of nitrogens with one attached hydrogen (secondary N) is 2. The van der Waals surface area contributed by atoms with E-state index in [1.54, 1.807) is 26.2 Å². The fourth-order valence-corrected chi connectivity index (χ4v) is 1.54. The Morgan fingerprint density at radius 2 is 1.95 bits per heavy atom. The number of aryl methyl sites for hydroxylation is 1. The Bertz CT molecular complexity index is 513. The third-order valence-electron chi connectivity index (χ3n) is 2.66. The summed E-state index contributed by atoms with van der Waals surface area (Å²) < 4.78 is 5.51. The van der Waals surface area contributed by atoms with Crippen LogP contribution in [-0.2, 0) is 4.79 Å². The first kappa shape index (κ1) is 16.8. The van der Waals surface area contributed by atoms with Gasteiger partial charge in [0.2, 0.25) is 0 Å². The van der Waals surface area contributed by atoms with E-state index in [9.17, 15) is 9.59 Å². The molecule has 2 N–H and O–H groups in total. The van der Waals surface area contributed by atoms with Crippen molar-refractivity contribution in [3.05, 3.63) is 23.8 Å². The van der Waals surface area contributed by atoms with Gasteiger partial charge in [-0.05, 0) is 38.5 Å². The summed E-state index contributed by atoms with van der Waals surface area (Å²) in [7, 11) is 3.33. The quantitative estimate of drug-likeness (QED) is 0.872. The number of carbonyl (C=O) groups is 2. The van der Waals surface area contributed by atoms with Crippen molar-refractivity contribution in [2.75, 3.05) is 26.0 Å². The molecule has 1 aromatic carbocycles. The van der Waals surface area contributed by atoms with Crippen LogP contribution >= 0.6 is 0 Å². The van der Waals surface area contributed by atoms with Crippen molar-refractivity contribution in [1.82, 2.24) is 10.2 Å². The first-order valence-electron chi connectivity index (χ1n) is 6.80. The van der Waals surface area contributed by atoms with Crippen molar-refractivity contribution in [3.8, 4) is 5.75 Å². The molecule has 6 nitrogen and oxygen atoms in total. The molecule has 0 fully saturated rings. The number of amides is 3. The molecule has 0 radical (unpaired) electrons. The highest BCUT2D eigenvalue weighted by Crippen LogP contribution is 2.25. The third-order valence-corrected chi connectivity index (χ3v) is 2.66. The van der Waals surface area contributed by atoms with Crippen molar-refractivity contribution in [2.45, 2.75) is 26.8 Å². The lowest BCUT2D eigenvalue weighted by atomic mass is 10.2. The summed E-state index contributed by atoms with van der Waals surface area (Å²) in [5.74, 6) is 0.332. The highest BCUT2D eigenvalue weighted by Gasteiger charge is 2.11. The first-order valence-corrected chi connectivity index (χ1v) is 6.80. The number of rotatable bonds is 5. The lowest BCUT2D eigenvalue weighted by Crippen LogP contribution is -2.34. The molecule has 3 amide bonds. The number of nitrogens with zero attached hydrogens (tertiary/aromatic N) is 1. The maximum absolute atomic E-state index is 11.8. The molecule has 1 aromatic rings. The first-order chi connectivity index (χ1) is 9.79. The Morgan fingerprint density at radius 3 is 2.52 bits per heavy atom. The van der Waals surface area contributed by atoms with Crippen LogP contribution in [0.5, 0.6) is 5.75 Å². The topological polar surface area (TPSA) is 70.7 Å². The summed E-state index contributed by atoms with van der Waals surface area (Å²) in [6, 6.07) is 5.14. The number of hydrogen-bond donors (Lipinski definition) is 2. The SMILES string of the molecule is Cc1ccc(NC(=O)NC(C)C)c(OCC(=O)N(C)C)c1. The number of benzene rings is 1. The van der Waals surface area contributed by atoms with Crippen LogP contribution in [-0.4, -0.2) is 43.6 Å². The van der Waals surface area contributed by atoms with Crippen LogP contribution in [0.4, 0.5) is 10.5 Å². The molecule has 0 spiro atoms. The smallest absolute Gasteiger partial charge is 0.319 e. The van der Waals surface area contributed by atoms with Crippen molar-refractivity contribution in [3.63, 3.8) is 0 Å². The zero-order valence-corrected chi connectivity index (χ0v) is 13.2. The lowest BCUT2D eigenvalue weighted by Gasteiger charge is -2.16. The van der Waals surface area contributed by atoms with Crippen LogP contribution in [0.25, 0.3) is 0 Å². The van der Waals surface area contributed by atoms with Gasteiger partial charge in [0.05, 0.1) is 5.69 Å². The average Bonchev–Trinajstić information content (AvgIpc) is 2.37. The summed E-state index contributed by atoms with van der Waals surface area (Å²) >= 11 is 0. The van der Waals surface area contributed by atoms with E-state index in [1.807, 2.05) is 26.8 Å². The van der Waals surface area contributed by atoms with Crippen LogP contribution in [0.1, 0.15) is 19.4 Å². The van der Waals surface area contributed by atoms with Crippen molar-refractivity contribution in [2.24, 2.45) is 0 Å². The fourth-order valence-electron chi connectivity index (χ4n) is 1.54. The van der Waals surface area contributed by atoms with Gasteiger partial charge in [-0.25, -0.2) is 4.79 Å². The second-order valence-electron chi connectivity index (χ2n) is 5.33. The molecular formula is C15H23N3O3. The predicted molar refractivity (Wildman–Crippen MR) is 82.7 cm³/mol. The van der Waals surface area contributed by atoms with E-state index < -0.39 is 0 Å². The average molecular weight is 293 g/mol. The number of hydrogen-bond acceptors (Lipinski definition) is 3. The van der Waals surface area contributed by atoms with Gasteiger partial charge < -0.3 is 20.3 Å². The minimum atomic E-state index is -0.308. The summed E-state index contributed by atoms with van der Waals surface area (Å²) in [6.45, 7) is 5.60. The van der Waals surface area contributed by atoms with Gasteiger partial charge in [0.15, 0.2) is 6.61 Å². The van der Waals surface area contributed by atoms with Crippen LogP contribution < -0.4 is 15.4 Å². The van der Waals surface area contributed by atoms with Gasteiger partial charge in [-0.2, -0.15) is 0 Å². The summed E-state index contributed by atoms with van der Waals surface area (Å²) in [5, 5.41) is 5.46. The molecule has 0 heterocycles. The van der Waals surface area contributed by atoms with Crippen LogP contribution in [0, 0.1) is 6.92 Å². The third kappa shape index (κ3) is 5.72. The predicted octanol–water partition coefficient (Wildman–Crippen LogP) is 1.99. The molecule has 0 aliphatic heterocycles. The number of urea groups is 1. The molecule has 0 aromatic heterocycles. The van der Waals surface area contributed by atoms with E-state index in [2.05, 4.69) is 10.6 Å². The van der Waals surface area contributed by atoms with Crippen LogP contribution in [0.3, 0.4) is 0 Å². The molecule has 0 unspecified atom stereocenters. The highest BCUT2D eigenvalue weighted by molar-refractivity contribution is 5.91. The molecule has 1 rings (SSSR count). The van der Waals surface area contributed by atoms with E-state index in [0.29, 0.717) is 11.4 Å². The molecule has 0 aliphatic rings. The Labute approximate surface area is 125 Å². The second kappa shape index (κ2) is 7.52. The Morgan fingerprint density at radius 1 is 1.29 bits per heavy atom. The van der Waals surface area contributed by atoms with Gasteiger partial charge in [-0.1, -0.05) is 6.07 Å². The van der Waals surface area contributed by atoms with E-state index in [4.69, 9.17) is 4.74 Å². The molecule has 116 valence electrons. The van der Waals surface area contributed by atoms with Gasteiger partial charge in [0.25, 0.3) is 5.91 Å². The van der Waals surface area contributed by atoms with Crippen molar-refractivity contribution >= 4 is 17.6 Å². The van der Waals surface area contributed by atoms with Gasteiger partial charge in [-0.3, -0.25) is 4.79 Å². The molecular weight excluding hydrogens is 270 g/mol. The second-order valence-corrected chi connectivity index (χ2v) is 5.33. The van der Waals surface area contributed by atoms with Crippen LogP contribution in [0.15, 0.2) is 18.2 Å². The maximum Gasteiger partial charge on any atom is 0.319 e. The normalized spacial score (nSPS) is 10.2. The van der Waals surface area contributed by atoms with Crippen LogP contribution in [0.2, 0.25) is 0 Å². The number of carbonyl (C=O) groups excluding carboxylic acids is 2. The molecule has 0 aliphatic carbocycles. The molecule has 0 atom stereocenters. The monoisotopic (exact) mass is 293 g/mol. The van der Waals surface area contributed by atoms with Crippen molar-refractivity contribution < 1.29 is 14.3 Å². The van der Waals surface area contributed by atoms with Gasteiger partial charge in [-0.15, -0.1) is 0 Å². The van der Waals surface area contributed by atoms with E-state index >= 15 is 0 Å². The molecule has 0 saturated carbocycles. The summed E-state index contributed by atoms with van der Waals surface area (Å²) in [4.78, 5) is 24.8. The minimum absolute atomic E-state index is 0.0372.